The highest BCUT2D eigenvalue weighted by Gasteiger charge is 2.12. The summed E-state index contributed by atoms with van der Waals surface area (Å²) in [5.41, 5.74) is 1.99. The number of rotatable bonds is 6. The Morgan fingerprint density at radius 1 is 1.20 bits per heavy atom. The van der Waals surface area contributed by atoms with Crippen molar-refractivity contribution in [2.45, 2.75) is 19.5 Å². The number of aromatic nitrogens is 2. The summed E-state index contributed by atoms with van der Waals surface area (Å²) < 4.78 is 10.6. The number of methoxy groups -OCH3 is 2. The Morgan fingerprint density at radius 2 is 2.05 bits per heavy atom. The summed E-state index contributed by atoms with van der Waals surface area (Å²) in [6.45, 7) is 2.74. The van der Waals surface area contributed by atoms with Gasteiger partial charge in [-0.05, 0) is 13.0 Å². The minimum Gasteiger partial charge on any atom is -0.497 e. The number of ether oxygens (including phenoxy) is 2. The van der Waals surface area contributed by atoms with Gasteiger partial charge in [0.15, 0.2) is 0 Å². The fourth-order valence-corrected chi connectivity index (χ4v) is 1.97. The standard InChI is InChI=1S/C15H19N3O2/c1-11(18-10-12-9-16-6-7-17-12)14-5-4-13(19-2)8-15(14)20-3/h4-9,11,18H,10H2,1-3H3. The highest BCUT2D eigenvalue weighted by atomic mass is 16.5. The molecule has 0 spiro atoms. The molecule has 0 aliphatic heterocycles. The largest absolute Gasteiger partial charge is 0.497 e. The molecule has 1 aromatic heterocycles. The number of hydrogen-bond acceptors (Lipinski definition) is 5. The van der Waals surface area contributed by atoms with Crippen LogP contribution in [0, 0.1) is 0 Å². The molecule has 1 N–H and O–H groups in total. The Morgan fingerprint density at radius 3 is 2.70 bits per heavy atom. The van der Waals surface area contributed by atoms with E-state index in [0.717, 1.165) is 22.8 Å². The SMILES string of the molecule is COc1ccc(C(C)NCc2cnccn2)c(OC)c1. The molecule has 0 radical (unpaired) electrons. The first-order valence-electron chi connectivity index (χ1n) is 6.44. The average molecular weight is 273 g/mol. The second kappa shape index (κ2) is 6.86. The predicted molar refractivity (Wildman–Crippen MR) is 76.8 cm³/mol. The third kappa shape index (κ3) is 3.45. The molecule has 1 atom stereocenters. The van der Waals surface area contributed by atoms with Crippen molar-refractivity contribution >= 4 is 0 Å². The summed E-state index contributed by atoms with van der Waals surface area (Å²) in [6, 6.07) is 5.96. The van der Waals surface area contributed by atoms with E-state index in [1.54, 1.807) is 32.8 Å². The van der Waals surface area contributed by atoms with Crippen LogP contribution in [0.25, 0.3) is 0 Å². The first-order chi connectivity index (χ1) is 9.74. The summed E-state index contributed by atoms with van der Waals surface area (Å²) in [5.74, 6) is 1.59. The van der Waals surface area contributed by atoms with Gasteiger partial charge in [-0.3, -0.25) is 9.97 Å². The smallest absolute Gasteiger partial charge is 0.127 e. The van der Waals surface area contributed by atoms with E-state index >= 15 is 0 Å². The molecule has 2 rings (SSSR count). The minimum absolute atomic E-state index is 0.137. The molecule has 2 aromatic rings. The first-order valence-corrected chi connectivity index (χ1v) is 6.44. The molecule has 5 heteroatoms. The van der Waals surface area contributed by atoms with E-state index in [9.17, 15) is 0 Å². The first kappa shape index (κ1) is 14.3. The van der Waals surface area contributed by atoms with E-state index in [2.05, 4.69) is 22.2 Å². The van der Waals surface area contributed by atoms with Crippen LogP contribution in [0.4, 0.5) is 0 Å². The highest BCUT2D eigenvalue weighted by Crippen LogP contribution is 2.29. The van der Waals surface area contributed by atoms with Gasteiger partial charge in [-0.25, -0.2) is 0 Å². The van der Waals surface area contributed by atoms with E-state index in [-0.39, 0.29) is 6.04 Å². The maximum absolute atomic E-state index is 5.41. The lowest BCUT2D eigenvalue weighted by Crippen LogP contribution is -2.19. The number of nitrogens with one attached hydrogen (secondary N) is 1. The van der Waals surface area contributed by atoms with Crippen molar-refractivity contribution in [2.75, 3.05) is 14.2 Å². The fraction of sp³-hybridized carbons (Fsp3) is 0.333. The lowest BCUT2D eigenvalue weighted by Gasteiger charge is -2.17. The summed E-state index contributed by atoms with van der Waals surface area (Å²) in [5, 5.41) is 3.40. The highest BCUT2D eigenvalue weighted by molar-refractivity contribution is 5.42. The van der Waals surface area contributed by atoms with Crippen LogP contribution < -0.4 is 14.8 Å². The van der Waals surface area contributed by atoms with Crippen molar-refractivity contribution in [2.24, 2.45) is 0 Å². The summed E-state index contributed by atoms with van der Waals surface area (Å²) in [7, 11) is 3.30. The summed E-state index contributed by atoms with van der Waals surface area (Å²) >= 11 is 0. The van der Waals surface area contributed by atoms with Gasteiger partial charge in [0, 0.05) is 42.8 Å². The molecular weight excluding hydrogens is 254 g/mol. The Balaban J connectivity index is 2.07. The van der Waals surface area contributed by atoms with E-state index in [1.807, 2.05) is 18.2 Å². The molecule has 20 heavy (non-hydrogen) atoms. The second-order valence-corrected chi connectivity index (χ2v) is 4.41. The molecule has 0 aliphatic rings. The van der Waals surface area contributed by atoms with Crippen LogP contribution in [0.15, 0.2) is 36.8 Å². The van der Waals surface area contributed by atoms with Crippen LogP contribution in [0.3, 0.4) is 0 Å². The van der Waals surface area contributed by atoms with Crippen molar-refractivity contribution in [3.63, 3.8) is 0 Å². The zero-order valence-corrected chi connectivity index (χ0v) is 12.0. The van der Waals surface area contributed by atoms with Gasteiger partial charge >= 0.3 is 0 Å². The van der Waals surface area contributed by atoms with Gasteiger partial charge in [0.05, 0.1) is 19.9 Å². The number of hydrogen-bond donors (Lipinski definition) is 1. The Kier molecular flexibility index (Phi) is 4.90. The van der Waals surface area contributed by atoms with Gasteiger partial charge in [0.1, 0.15) is 11.5 Å². The van der Waals surface area contributed by atoms with E-state index < -0.39 is 0 Å². The maximum atomic E-state index is 5.41. The van der Waals surface area contributed by atoms with E-state index in [1.165, 1.54) is 0 Å². The van der Waals surface area contributed by atoms with Crippen molar-refractivity contribution in [3.8, 4) is 11.5 Å². The van der Waals surface area contributed by atoms with Gasteiger partial charge in [-0.2, -0.15) is 0 Å². The van der Waals surface area contributed by atoms with E-state index in [4.69, 9.17) is 9.47 Å². The van der Waals surface area contributed by atoms with Crippen molar-refractivity contribution in [3.05, 3.63) is 48.0 Å². The molecule has 0 bridgehead atoms. The van der Waals surface area contributed by atoms with Gasteiger partial charge < -0.3 is 14.8 Å². The molecule has 106 valence electrons. The maximum Gasteiger partial charge on any atom is 0.127 e. The number of nitrogens with zero attached hydrogens (tertiary/aromatic N) is 2. The quantitative estimate of drug-likeness (QED) is 0.875. The van der Waals surface area contributed by atoms with Gasteiger partial charge in [0.25, 0.3) is 0 Å². The third-order valence-corrected chi connectivity index (χ3v) is 3.11. The van der Waals surface area contributed by atoms with Crippen LogP contribution in [-0.4, -0.2) is 24.2 Å². The molecule has 0 saturated carbocycles. The summed E-state index contributed by atoms with van der Waals surface area (Å²) in [4.78, 5) is 8.29. The van der Waals surface area contributed by atoms with Crippen LogP contribution in [0.5, 0.6) is 11.5 Å². The molecule has 0 saturated heterocycles. The molecule has 0 fully saturated rings. The Bertz CT molecular complexity index is 546. The fourth-order valence-electron chi connectivity index (χ4n) is 1.97. The normalized spacial score (nSPS) is 11.9. The monoisotopic (exact) mass is 273 g/mol. The van der Waals surface area contributed by atoms with Gasteiger partial charge in [-0.1, -0.05) is 6.07 Å². The van der Waals surface area contributed by atoms with Crippen LogP contribution in [-0.2, 0) is 6.54 Å². The molecule has 1 unspecified atom stereocenters. The van der Waals surface area contributed by atoms with Gasteiger partial charge in [0.2, 0.25) is 0 Å². The zero-order chi connectivity index (χ0) is 14.4. The van der Waals surface area contributed by atoms with Crippen LogP contribution in [0.2, 0.25) is 0 Å². The lowest BCUT2D eigenvalue weighted by atomic mass is 10.1. The van der Waals surface area contributed by atoms with Gasteiger partial charge in [-0.15, -0.1) is 0 Å². The predicted octanol–water partition coefficient (Wildman–Crippen LogP) is 2.34. The average Bonchev–Trinajstić information content (AvgIpc) is 2.52. The topological polar surface area (TPSA) is 56.3 Å². The molecule has 1 heterocycles. The van der Waals surface area contributed by atoms with Crippen molar-refractivity contribution in [1.82, 2.24) is 15.3 Å². The van der Waals surface area contributed by atoms with Crippen LogP contribution in [0.1, 0.15) is 24.2 Å². The molecule has 0 aliphatic carbocycles. The summed E-state index contributed by atoms with van der Waals surface area (Å²) in [6.07, 6.45) is 5.11. The second-order valence-electron chi connectivity index (χ2n) is 4.41. The van der Waals surface area contributed by atoms with Crippen LogP contribution >= 0.6 is 0 Å². The van der Waals surface area contributed by atoms with Crippen molar-refractivity contribution < 1.29 is 9.47 Å². The molecular formula is C15H19N3O2. The Labute approximate surface area is 119 Å². The Hall–Kier alpha value is -2.14. The van der Waals surface area contributed by atoms with E-state index in [0.29, 0.717) is 6.54 Å². The lowest BCUT2D eigenvalue weighted by molar-refractivity contribution is 0.385. The number of benzene rings is 1. The molecule has 5 nitrogen and oxygen atoms in total. The minimum atomic E-state index is 0.137. The third-order valence-electron chi connectivity index (χ3n) is 3.11. The zero-order valence-electron chi connectivity index (χ0n) is 12.0. The molecule has 1 aromatic carbocycles. The molecule has 0 amide bonds. The van der Waals surface area contributed by atoms with Crippen molar-refractivity contribution in [1.29, 1.82) is 0 Å².